The van der Waals surface area contributed by atoms with Gasteiger partial charge in [0.2, 0.25) is 0 Å². The van der Waals surface area contributed by atoms with E-state index in [2.05, 4.69) is 4.99 Å². The Hall–Kier alpha value is -2.44. The fourth-order valence-corrected chi connectivity index (χ4v) is 3.60. The number of carbonyl (C=O) groups excluding carboxylic acids is 2. The molecule has 7 heteroatoms. The van der Waals surface area contributed by atoms with Crippen molar-refractivity contribution in [2.24, 2.45) is 12.0 Å². The molecule has 0 aliphatic heterocycles. The van der Waals surface area contributed by atoms with Gasteiger partial charge in [-0.15, -0.1) is 0 Å². The molecule has 3 aromatic rings. The number of hydrogen-bond donors (Lipinski definition) is 0. The van der Waals surface area contributed by atoms with Crippen molar-refractivity contribution in [1.29, 1.82) is 0 Å². The zero-order valence-electron chi connectivity index (χ0n) is 13.7. The quantitative estimate of drug-likeness (QED) is 0.655. The molecule has 0 unspecified atom stereocenters. The maximum atomic E-state index is 12.3. The van der Waals surface area contributed by atoms with Crippen molar-refractivity contribution in [2.45, 2.75) is 6.92 Å². The van der Waals surface area contributed by atoms with Gasteiger partial charge in [-0.3, -0.25) is 4.79 Å². The van der Waals surface area contributed by atoms with Crippen LogP contribution in [0.3, 0.4) is 0 Å². The van der Waals surface area contributed by atoms with Gasteiger partial charge in [-0.25, -0.2) is 4.79 Å². The molecule has 5 nitrogen and oxygen atoms in total. The maximum Gasteiger partial charge on any atom is 0.338 e. The summed E-state index contributed by atoms with van der Waals surface area (Å²) in [5, 5.41) is 0.487. The molecule has 0 spiro atoms. The Morgan fingerprint density at radius 2 is 2.00 bits per heavy atom. The van der Waals surface area contributed by atoms with Gasteiger partial charge < -0.3 is 9.30 Å². The number of halogens is 1. The molecule has 0 radical (unpaired) electrons. The molecular weight excluding hydrogens is 360 g/mol. The van der Waals surface area contributed by atoms with E-state index in [1.807, 2.05) is 17.7 Å². The van der Waals surface area contributed by atoms with Crippen LogP contribution in [0.4, 0.5) is 0 Å². The SMILES string of the molecule is CCOC(=O)c1ccc2c(c1)sc(=NC(=O)c1cccc(Cl)c1)n2C. The van der Waals surface area contributed by atoms with Crippen molar-refractivity contribution in [2.75, 3.05) is 6.61 Å². The van der Waals surface area contributed by atoms with Crippen LogP contribution in [0, 0.1) is 0 Å². The number of esters is 1. The number of thiazole rings is 1. The van der Waals surface area contributed by atoms with Crippen LogP contribution < -0.4 is 4.80 Å². The van der Waals surface area contributed by atoms with E-state index in [-0.39, 0.29) is 11.9 Å². The van der Waals surface area contributed by atoms with Gasteiger partial charge in [0.1, 0.15) is 0 Å². The largest absolute Gasteiger partial charge is 0.462 e. The van der Waals surface area contributed by atoms with Crippen LogP contribution in [0.5, 0.6) is 0 Å². The average molecular weight is 375 g/mol. The maximum absolute atomic E-state index is 12.3. The summed E-state index contributed by atoms with van der Waals surface area (Å²) in [6.07, 6.45) is 0. The molecule has 0 N–H and O–H groups in total. The molecule has 0 fully saturated rings. The van der Waals surface area contributed by atoms with Gasteiger partial charge in [0.25, 0.3) is 5.91 Å². The summed E-state index contributed by atoms with van der Waals surface area (Å²) in [7, 11) is 1.83. The molecule has 128 valence electrons. The van der Waals surface area contributed by atoms with Crippen molar-refractivity contribution in [3.63, 3.8) is 0 Å². The number of nitrogens with zero attached hydrogens (tertiary/aromatic N) is 2. The summed E-state index contributed by atoms with van der Waals surface area (Å²) in [5.74, 6) is -0.732. The van der Waals surface area contributed by atoms with Gasteiger partial charge in [-0.2, -0.15) is 4.99 Å². The monoisotopic (exact) mass is 374 g/mol. The van der Waals surface area contributed by atoms with Crippen LogP contribution in [0.15, 0.2) is 47.5 Å². The number of rotatable bonds is 3. The van der Waals surface area contributed by atoms with Crippen molar-refractivity contribution < 1.29 is 14.3 Å². The van der Waals surface area contributed by atoms with E-state index in [9.17, 15) is 9.59 Å². The molecule has 0 bridgehead atoms. The van der Waals surface area contributed by atoms with Gasteiger partial charge >= 0.3 is 5.97 Å². The summed E-state index contributed by atoms with van der Waals surface area (Å²) in [6.45, 7) is 2.09. The molecule has 0 aliphatic carbocycles. The molecule has 3 rings (SSSR count). The molecule has 25 heavy (non-hydrogen) atoms. The summed E-state index contributed by atoms with van der Waals surface area (Å²) < 4.78 is 7.69. The fourth-order valence-electron chi connectivity index (χ4n) is 2.35. The third-order valence-corrected chi connectivity index (χ3v) is 4.92. The van der Waals surface area contributed by atoms with Crippen LogP contribution >= 0.6 is 22.9 Å². The van der Waals surface area contributed by atoms with Gasteiger partial charge in [0, 0.05) is 17.6 Å². The zero-order chi connectivity index (χ0) is 18.0. The number of hydrogen-bond acceptors (Lipinski definition) is 4. The van der Waals surface area contributed by atoms with E-state index in [0.717, 1.165) is 10.2 Å². The Morgan fingerprint density at radius 3 is 2.72 bits per heavy atom. The van der Waals surface area contributed by atoms with E-state index in [1.165, 1.54) is 11.3 Å². The Balaban J connectivity index is 2.03. The van der Waals surface area contributed by atoms with Crippen LogP contribution in [0.1, 0.15) is 27.6 Å². The van der Waals surface area contributed by atoms with Crippen LogP contribution in [0.2, 0.25) is 5.02 Å². The van der Waals surface area contributed by atoms with Gasteiger partial charge in [-0.1, -0.05) is 29.0 Å². The number of carbonyl (C=O) groups is 2. The number of benzene rings is 2. The number of aromatic nitrogens is 1. The molecule has 1 amide bonds. The van der Waals surface area contributed by atoms with Crippen molar-refractivity contribution >= 4 is 45.0 Å². The normalized spacial score (nSPS) is 11.7. The predicted octanol–water partition coefficient (Wildman–Crippen LogP) is 3.81. The van der Waals surface area contributed by atoms with E-state index < -0.39 is 0 Å². The third kappa shape index (κ3) is 3.65. The highest BCUT2D eigenvalue weighted by atomic mass is 35.5. The topological polar surface area (TPSA) is 60.7 Å². The first-order valence-corrected chi connectivity index (χ1v) is 8.80. The molecule has 0 saturated heterocycles. The number of amides is 1. The first-order chi connectivity index (χ1) is 12.0. The van der Waals surface area contributed by atoms with E-state index >= 15 is 0 Å². The molecule has 0 atom stereocenters. The zero-order valence-corrected chi connectivity index (χ0v) is 15.2. The molecular formula is C18H15ClN2O3S. The molecule has 1 heterocycles. The smallest absolute Gasteiger partial charge is 0.338 e. The fraction of sp³-hybridized carbons (Fsp3) is 0.167. The van der Waals surface area contributed by atoms with Crippen molar-refractivity contribution in [1.82, 2.24) is 4.57 Å². The second-order valence-electron chi connectivity index (χ2n) is 5.27. The molecule has 2 aromatic carbocycles. The van der Waals surface area contributed by atoms with Crippen LogP contribution in [0.25, 0.3) is 10.2 Å². The van der Waals surface area contributed by atoms with Crippen molar-refractivity contribution in [3.05, 3.63) is 63.4 Å². The molecule has 0 aliphatic rings. The minimum absolute atomic E-state index is 0.323. The van der Waals surface area contributed by atoms with Gasteiger partial charge in [0.15, 0.2) is 4.80 Å². The second-order valence-corrected chi connectivity index (χ2v) is 6.72. The van der Waals surface area contributed by atoms with Gasteiger partial charge in [-0.05, 0) is 43.3 Å². The minimum Gasteiger partial charge on any atom is -0.462 e. The minimum atomic E-state index is -0.367. The van der Waals surface area contributed by atoms with Crippen LogP contribution in [-0.2, 0) is 11.8 Å². The number of aryl methyl sites for hydroxylation is 1. The summed E-state index contributed by atoms with van der Waals surface area (Å²) >= 11 is 7.26. The second kappa shape index (κ2) is 7.21. The number of fused-ring (bicyclic) bond motifs is 1. The Kier molecular flexibility index (Phi) is 5.01. The lowest BCUT2D eigenvalue weighted by Crippen LogP contribution is -2.13. The first kappa shape index (κ1) is 17.4. The van der Waals surface area contributed by atoms with Gasteiger partial charge in [0.05, 0.1) is 22.4 Å². The molecule has 1 aromatic heterocycles. The Labute approximate surface area is 153 Å². The average Bonchev–Trinajstić information content (AvgIpc) is 2.90. The summed E-state index contributed by atoms with van der Waals surface area (Å²) in [4.78, 5) is 28.9. The Bertz CT molecular complexity index is 1040. The van der Waals surface area contributed by atoms with E-state index in [1.54, 1.807) is 43.3 Å². The van der Waals surface area contributed by atoms with Crippen LogP contribution in [-0.4, -0.2) is 23.1 Å². The highest BCUT2D eigenvalue weighted by Gasteiger charge is 2.11. The lowest BCUT2D eigenvalue weighted by atomic mass is 10.2. The highest BCUT2D eigenvalue weighted by Crippen LogP contribution is 2.19. The lowest BCUT2D eigenvalue weighted by molar-refractivity contribution is 0.0526. The van der Waals surface area contributed by atoms with E-state index in [0.29, 0.717) is 27.6 Å². The number of ether oxygens (including phenoxy) is 1. The van der Waals surface area contributed by atoms with Crippen molar-refractivity contribution in [3.8, 4) is 0 Å². The summed E-state index contributed by atoms with van der Waals surface area (Å²) in [5.41, 5.74) is 1.79. The Morgan fingerprint density at radius 1 is 1.20 bits per heavy atom. The standard InChI is InChI=1S/C18H15ClN2O3S/c1-3-24-17(23)12-7-8-14-15(10-12)25-18(21(14)2)20-16(22)11-5-4-6-13(19)9-11/h4-10H,3H2,1-2H3. The lowest BCUT2D eigenvalue weighted by Gasteiger charge is -2.01. The third-order valence-electron chi connectivity index (χ3n) is 3.59. The predicted molar refractivity (Wildman–Crippen MR) is 98.1 cm³/mol. The first-order valence-electron chi connectivity index (χ1n) is 7.61. The summed E-state index contributed by atoms with van der Waals surface area (Å²) in [6, 6.07) is 11.9. The highest BCUT2D eigenvalue weighted by molar-refractivity contribution is 7.16. The molecule has 0 saturated carbocycles. The van der Waals surface area contributed by atoms with E-state index in [4.69, 9.17) is 16.3 Å².